The summed E-state index contributed by atoms with van der Waals surface area (Å²) < 4.78 is 0. The Morgan fingerprint density at radius 3 is 2.92 bits per heavy atom. The summed E-state index contributed by atoms with van der Waals surface area (Å²) in [6.45, 7) is 3.46. The molecule has 0 radical (unpaired) electrons. The maximum absolute atomic E-state index is 3.55. The zero-order chi connectivity index (χ0) is 8.65. The van der Waals surface area contributed by atoms with Gasteiger partial charge in [-0.3, -0.25) is 0 Å². The number of hydrogen-bond donors (Lipinski definition) is 1. The van der Waals surface area contributed by atoms with Gasteiger partial charge in [-0.2, -0.15) is 0 Å². The van der Waals surface area contributed by atoms with Crippen molar-refractivity contribution in [3.63, 3.8) is 0 Å². The number of unbranched alkanes of at least 4 members (excludes halogenated alkanes) is 3. The van der Waals surface area contributed by atoms with E-state index in [-0.39, 0.29) is 0 Å². The largest absolute Gasteiger partial charge is 0.311 e. The first-order valence-corrected chi connectivity index (χ1v) is 5.33. The van der Waals surface area contributed by atoms with Gasteiger partial charge in [-0.05, 0) is 25.8 Å². The van der Waals surface area contributed by atoms with Crippen LogP contribution in [0.2, 0.25) is 0 Å². The summed E-state index contributed by atoms with van der Waals surface area (Å²) in [5, 5.41) is 3.55. The zero-order valence-electron chi connectivity index (χ0n) is 8.18. The summed E-state index contributed by atoms with van der Waals surface area (Å²) in [7, 11) is 0. The van der Waals surface area contributed by atoms with Gasteiger partial charge in [0.05, 0.1) is 0 Å². The van der Waals surface area contributed by atoms with Gasteiger partial charge >= 0.3 is 0 Å². The first-order chi connectivity index (χ1) is 5.93. The van der Waals surface area contributed by atoms with Gasteiger partial charge in [0.15, 0.2) is 0 Å². The highest BCUT2D eigenvalue weighted by atomic mass is 14.9. The topological polar surface area (TPSA) is 12.0 Å². The van der Waals surface area contributed by atoms with Gasteiger partial charge in [0.25, 0.3) is 0 Å². The van der Waals surface area contributed by atoms with Crippen molar-refractivity contribution in [1.82, 2.24) is 5.32 Å². The molecule has 1 nitrogen and oxygen atoms in total. The van der Waals surface area contributed by atoms with Gasteiger partial charge in [-0.1, -0.05) is 38.3 Å². The molecule has 1 aliphatic rings. The van der Waals surface area contributed by atoms with E-state index in [0.717, 1.165) is 0 Å². The minimum atomic E-state index is 0.687. The lowest BCUT2D eigenvalue weighted by molar-refractivity contribution is 0.544. The summed E-state index contributed by atoms with van der Waals surface area (Å²) >= 11 is 0. The van der Waals surface area contributed by atoms with Gasteiger partial charge in [-0.15, -0.1) is 0 Å². The van der Waals surface area contributed by atoms with Crippen molar-refractivity contribution in [3.8, 4) is 0 Å². The zero-order valence-corrected chi connectivity index (χ0v) is 8.18. The lowest BCUT2D eigenvalue weighted by Gasteiger charge is -2.09. The summed E-state index contributed by atoms with van der Waals surface area (Å²) in [5.41, 5.74) is 0. The van der Waals surface area contributed by atoms with Crippen molar-refractivity contribution in [2.75, 3.05) is 6.54 Å². The lowest BCUT2D eigenvalue weighted by atomic mass is 10.2. The molecule has 0 amide bonds. The fourth-order valence-electron chi connectivity index (χ4n) is 1.64. The second-order valence-electron chi connectivity index (χ2n) is 3.63. The molecule has 0 saturated carbocycles. The highest BCUT2D eigenvalue weighted by molar-refractivity contribution is 5.00. The molecule has 12 heavy (non-hydrogen) atoms. The summed E-state index contributed by atoms with van der Waals surface area (Å²) in [6.07, 6.45) is 12.6. The Bertz CT molecular complexity index is 129. The number of hydrogen-bond acceptors (Lipinski definition) is 1. The van der Waals surface area contributed by atoms with Crippen LogP contribution >= 0.6 is 0 Å². The van der Waals surface area contributed by atoms with Crippen molar-refractivity contribution in [1.29, 1.82) is 0 Å². The van der Waals surface area contributed by atoms with E-state index >= 15 is 0 Å². The van der Waals surface area contributed by atoms with E-state index in [1.54, 1.807) is 0 Å². The molecular formula is C11H21N. The third-order valence-corrected chi connectivity index (χ3v) is 2.45. The lowest BCUT2D eigenvalue weighted by Crippen LogP contribution is -2.25. The predicted molar refractivity (Wildman–Crippen MR) is 54.3 cm³/mol. The highest BCUT2D eigenvalue weighted by Crippen LogP contribution is 2.08. The molecule has 0 aliphatic heterocycles. The van der Waals surface area contributed by atoms with Crippen LogP contribution in [-0.4, -0.2) is 12.6 Å². The van der Waals surface area contributed by atoms with Crippen LogP contribution in [0.5, 0.6) is 0 Å². The molecule has 0 saturated heterocycles. The highest BCUT2D eigenvalue weighted by Gasteiger charge is 2.06. The third kappa shape index (κ3) is 3.91. The molecule has 0 heterocycles. The molecule has 0 aromatic carbocycles. The molecular weight excluding hydrogens is 146 g/mol. The van der Waals surface area contributed by atoms with E-state index in [1.165, 1.54) is 45.1 Å². The van der Waals surface area contributed by atoms with Crippen molar-refractivity contribution in [2.24, 2.45) is 0 Å². The van der Waals surface area contributed by atoms with Gasteiger partial charge in [-0.25, -0.2) is 0 Å². The van der Waals surface area contributed by atoms with Gasteiger partial charge in [0, 0.05) is 6.04 Å². The monoisotopic (exact) mass is 167 g/mol. The quantitative estimate of drug-likeness (QED) is 0.474. The Hall–Kier alpha value is -0.300. The van der Waals surface area contributed by atoms with E-state index in [2.05, 4.69) is 24.4 Å². The van der Waals surface area contributed by atoms with Crippen LogP contribution in [0.15, 0.2) is 12.2 Å². The van der Waals surface area contributed by atoms with Crippen LogP contribution in [0, 0.1) is 0 Å². The van der Waals surface area contributed by atoms with Gasteiger partial charge < -0.3 is 5.32 Å². The first-order valence-electron chi connectivity index (χ1n) is 5.33. The van der Waals surface area contributed by atoms with Crippen LogP contribution in [0.4, 0.5) is 0 Å². The normalized spacial score (nSPS) is 21.9. The van der Waals surface area contributed by atoms with Crippen LogP contribution in [0.1, 0.15) is 45.4 Å². The van der Waals surface area contributed by atoms with Crippen molar-refractivity contribution in [3.05, 3.63) is 12.2 Å². The summed E-state index contributed by atoms with van der Waals surface area (Å²) in [4.78, 5) is 0. The predicted octanol–water partition coefficient (Wildman–Crippen LogP) is 2.87. The summed E-state index contributed by atoms with van der Waals surface area (Å²) in [6, 6.07) is 0.687. The average Bonchev–Trinajstić information content (AvgIpc) is 2.57. The van der Waals surface area contributed by atoms with Gasteiger partial charge in [0.2, 0.25) is 0 Å². The molecule has 0 fully saturated rings. The first kappa shape index (κ1) is 9.79. The molecule has 1 rings (SSSR count). The third-order valence-electron chi connectivity index (χ3n) is 2.45. The van der Waals surface area contributed by atoms with E-state index in [1.807, 2.05) is 0 Å². The van der Waals surface area contributed by atoms with Crippen LogP contribution in [0.25, 0.3) is 0 Å². The second-order valence-corrected chi connectivity index (χ2v) is 3.63. The molecule has 1 atom stereocenters. The number of allylic oxidation sites excluding steroid dienone is 1. The van der Waals surface area contributed by atoms with E-state index < -0.39 is 0 Å². The molecule has 1 aliphatic carbocycles. The van der Waals surface area contributed by atoms with Crippen molar-refractivity contribution < 1.29 is 0 Å². The van der Waals surface area contributed by atoms with Gasteiger partial charge in [0.1, 0.15) is 0 Å². The fourth-order valence-corrected chi connectivity index (χ4v) is 1.64. The maximum Gasteiger partial charge on any atom is 0.0252 e. The molecule has 1 N–H and O–H groups in total. The second kappa shape index (κ2) is 6.24. The summed E-state index contributed by atoms with van der Waals surface area (Å²) in [5.74, 6) is 0. The SMILES string of the molecule is CCCCCCNC1C=CCC1. The molecule has 0 bridgehead atoms. The molecule has 1 unspecified atom stereocenters. The number of rotatable bonds is 6. The van der Waals surface area contributed by atoms with E-state index in [9.17, 15) is 0 Å². The van der Waals surface area contributed by atoms with Crippen LogP contribution < -0.4 is 5.32 Å². The minimum absolute atomic E-state index is 0.687. The fraction of sp³-hybridized carbons (Fsp3) is 0.818. The Morgan fingerprint density at radius 2 is 2.25 bits per heavy atom. The van der Waals surface area contributed by atoms with Crippen molar-refractivity contribution >= 4 is 0 Å². The van der Waals surface area contributed by atoms with E-state index in [4.69, 9.17) is 0 Å². The Balaban J connectivity index is 1.85. The molecule has 0 spiro atoms. The van der Waals surface area contributed by atoms with E-state index in [0.29, 0.717) is 6.04 Å². The Morgan fingerprint density at radius 1 is 1.33 bits per heavy atom. The van der Waals surface area contributed by atoms with Crippen molar-refractivity contribution in [2.45, 2.75) is 51.5 Å². The standard InChI is InChI=1S/C11H21N/c1-2-3-4-7-10-12-11-8-5-6-9-11/h5,8,11-12H,2-4,6-7,9-10H2,1H3. The molecule has 0 aromatic rings. The maximum atomic E-state index is 3.55. The molecule has 0 aromatic heterocycles. The molecule has 1 heteroatoms. The van der Waals surface area contributed by atoms with Crippen LogP contribution in [-0.2, 0) is 0 Å². The molecule has 70 valence electrons. The average molecular weight is 167 g/mol. The Kier molecular flexibility index (Phi) is 5.09. The minimum Gasteiger partial charge on any atom is -0.311 e. The van der Waals surface area contributed by atoms with Crippen LogP contribution in [0.3, 0.4) is 0 Å². The Labute approximate surface area is 76.2 Å². The smallest absolute Gasteiger partial charge is 0.0252 e. The number of nitrogens with one attached hydrogen (secondary N) is 1.